The number of carbonyl (C=O) groups is 1. The third kappa shape index (κ3) is 2.36. The highest BCUT2D eigenvalue weighted by molar-refractivity contribution is 5.96. The van der Waals surface area contributed by atoms with Crippen molar-refractivity contribution in [2.45, 2.75) is 40.0 Å². The standard InChI is InChI=1S/C15H21NO/c1-10-5-6-11-12(9-10)13(15(2,3)4)7-8-16-14(11)17/h5-6,9,13H,7-8H2,1-4H3,(H,16,17). The predicted octanol–water partition coefficient (Wildman–Crippen LogP) is 3.26. The van der Waals surface area contributed by atoms with Crippen LogP contribution in [0.5, 0.6) is 0 Å². The Kier molecular flexibility index (Phi) is 2.98. The Labute approximate surface area is 103 Å². The van der Waals surface area contributed by atoms with E-state index in [4.69, 9.17) is 0 Å². The fourth-order valence-corrected chi connectivity index (χ4v) is 2.66. The Balaban J connectivity index is 2.56. The number of nitrogens with one attached hydrogen (secondary N) is 1. The van der Waals surface area contributed by atoms with Gasteiger partial charge in [-0.25, -0.2) is 0 Å². The highest BCUT2D eigenvalue weighted by Gasteiger charge is 2.31. The van der Waals surface area contributed by atoms with Gasteiger partial charge in [0.1, 0.15) is 0 Å². The third-order valence-electron chi connectivity index (χ3n) is 3.59. The smallest absolute Gasteiger partial charge is 0.251 e. The summed E-state index contributed by atoms with van der Waals surface area (Å²) in [6, 6.07) is 6.16. The molecule has 0 spiro atoms. The van der Waals surface area contributed by atoms with Crippen molar-refractivity contribution in [2.24, 2.45) is 5.41 Å². The van der Waals surface area contributed by atoms with E-state index in [-0.39, 0.29) is 11.3 Å². The summed E-state index contributed by atoms with van der Waals surface area (Å²) in [4.78, 5) is 12.0. The molecular formula is C15H21NO. The molecule has 1 aliphatic rings. The van der Waals surface area contributed by atoms with Gasteiger partial charge in [-0.05, 0) is 36.3 Å². The molecule has 2 nitrogen and oxygen atoms in total. The maximum Gasteiger partial charge on any atom is 0.251 e. The summed E-state index contributed by atoms with van der Waals surface area (Å²) in [5.74, 6) is 0.517. The Bertz CT molecular complexity index is 443. The minimum absolute atomic E-state index is 0.0757. The largest absolute Gasteiger partial charge is 0.352 e. The van der Waals surface area contributed by atoms with Crippen molar-refractivity contribution < 1.29 is 4.79 Å². The van der Waals surface area contributed by atoms with Crippen molar-refractivity contribution in [3.63, 3.8) is 0 Å². The number of fused-ring (bicyclic) bond motifs is 1. The van der Waals surface area contributed by atoms with Crippen LogP contribution >= 0.6 is 0 Å². The molecule has 2 heteroatoms. The Morgan fingerprint density at radius 3 is 2.65 bits per heavy atom. The van der Waals surface area contributed by atoms with Crippen LogP contribution in [0.15, 0.2) is 18.2 Å². The average molecular weight is 231 g/mol. The zero-order chi connectivity index (χ0) is 12.6. The first-order valence-electron chi connectivity index (χ1n) is 6.28. The van der Waals surface area contributed by atoms with Crippen molar-refractivity contribution in [1.82, 2.24) is 5.32 Å². The lowest BCUT2D eigenvalue weighted by atomic mass is 9.73. The summed E-state index contributed by atoms with van der Waals surface area (Å²) >= 11 is 0. The molecule has 1 aliphatic heterocycles. The maximum atomic E-state index is 12.0. The summed E-state index contributed by atoms with van der Waals surface area (Å²) in [6.07, 6.45) is 1.02. The molecule has 1 atom stereocenters. The van der Waals surface area contributed by atoms with E-state index in [1.54, 1.807) is 0 Å². The molecule has 1 N–H and O–H groups in total. The Hall–Kier alpha value is -1.31. The number of rotatable bonds is 0. The number of aryl methyl sites for hydroxylation is 1. The van der Waals surface area contributed by atoms with Crippen molar-refractivity contribution >= 4 is 5.91 Å². The molecule has 1 aromatic rings. The van der Waals surface area contributed by atoms with Gasteiger partial charge in [-0.3, -0.25) is 4.79 Å². The molecule has 17 heavy (non-hydrogen) atoms. The molecule has 2 rings (SSSR count). The average Bonchev–Trinajstić information content (AvgIpc) is 2.37. The topological polar surface area (TPSA) is 29.1 Å². The summed E-state index contributed by atoms with van der Waals surface area (Å²) in [5, 5.41) is 2.98. The molecule has 0 fully saturated rings. The van der Waals surface area contributed by atoms with Crippen molar-refractivity contribution in [2.75, 3.05) is 6.54 Å². The first-order chi connectivity index (χ1) is 7.89. The van der Waals surface area contributed by atoms with Gasteiger partial charge in [0.05, 0.1) is 0 Å². The molecule has 1 aromatic carbocycles. The van der Waals surface area contributed by atoms with Crippen LogP contribution < -0.4 is 5.32 Å². The van der Waals surface area contributed by atoms with E-state index >= 15 is 0 Å². The van der Waals surface area contributed by atoms with E-state index in [0.717, 1.165) is 18.5 Å². The normalized spacial score (nSPS) is 20.5. The molecule has 92 valence electrons. The van der Waals surface area contributed by atoms with E-state index in [1.165, 1.54) is 11.1 Å². The summed E-state index contributed by atoms with van der Waals surface area (Å²) in [5.41, 5.74) is 3.49. The van der Waals surface area contributed by atoms with Crippen LogP contribution in [0.25, 0.3) is 0 Å². The Morgan fingerprint density at radius 1 is 1.29 bits per heavy atom. The van der Waals surface area contributed by atoms with Crippen LogP contribution in [-0.4, -0.2) is 12.5 Å². The van der Waals surface area contributed by atoms with E-state index in [0.29, 0.717) is 5.92 Å². The summed E-state index contributed by atoms with van der Waals surface area (Å²) in [6.45, 7) is 9.61. The van der Waals surface area contributed by atoms with Crippen LogP contribution in [-0.2, 0) is 0 Å². The van der Waals surface area contributed by atoms with Crippen molar-refractivity contribution in [1.29, 1.82) is 0 Å². The lowest BCUT2D eigenvalue weighted by Crippen LogP contribution is -2.23. The SMILES string of the molecule is Cc1ccc2c(c1)C(C(C)(C)C)CCNC2=O. The fourth-order valence-electron chi connectivity index (χ4n) is 2.66. The minimum atomic E-state index is 0.0757. The highest BCUT2D eigenvalue weighted by atomic mass is 16.1. The van der Waals surface area contributed by atoms with Crippen LogP contribution in [0, 0.1) is 12.3 Å². The fraction of sp³-hybridized carbons (Fsp3) is 0.533. The van der Waals surface area contributed by atoms with Gasteiger partial charge in [0.15, 0.2) is 0 Å². The zero-order valence-corrected chi connectivity index (χ0v) is 11.1. The van der Waals surface area contributed by atoms with Gasteiger partial charge < -0.3 is 5.32 Å². The molecule has 1 unspecified atom stereocenters. The molecule has 0 aromatic heterocycles. The van der Waals surface area contributed by atoms with Crippen molar-refractivity contribution in [3.8, 4) is 0 Å². The minimum Gasteiger partial charge on any atom is -0.352 e. The van der Waals surface area contributed by atoms with E-state index in [9.17, 15) is 4.79 Å². The van der Waals surface area contributed by atoms with Gasteiger partial charge >= 0.3 is 0 Å². The van der Waals surface area contributed by atoms with Gasteiger partial charge in [0, 0.05) is 12.1 Å². The summed E-state index contributed by atoms with van der Waals surface area (Å²) in [7, 11) is 0. The van der Waals surface area contributed by atoms with Crippen molar-refractivity contribution in [3.05, 3.63) is 34.9 Å². The molecule has 0 aliphatic carbocycles. The number of carbonyl (C=O) groups excluding carboxylic acids is 1. The maximum absolute atomic E-state index is 12.0. The monoisotopic (exact) mass is 231 g/mol. The molecule has 0 saturated carbocycles. The molecule has 1 amide bonds. The van der Waals surface area contributed by atoms with Crippen LogP contribution in [0.3, 0.4) is 0 Å². The molecular weight excluding hydrogens is 210 g/mol. The first-order valence-corrected chi connectivity index (χ1v) is 6.28. The first kappa shape index (κ1) is 12.2. The van der Waals surface area contributed by atoms with E-state index in [1.807, 2.05) is 12.1 Å². The number of hydrogen-bond acceptors (Lipinski definition) is 1. The molecule has 0 radical (unpaired) electrons. The van der Waals surface area contributed by atoms with Crippen LogP contribution in [0.1, 0.15) is 54.6 Å². The van der Waals surface area contributed by atoms with Gasteiger partial charge in [-0.15, -0.1) is 0 Å². The summed E-state index contributed by atoms with van der Waals surface area (Å²) < 4.78 is 0. The van der Waals surface area contributed by atoms with Gasteiger partial charge in [-0.1, -0.05) is 38.5 Å². The van der Waals surface area contributed by atoms with Gasteiger partial charge in [-0.2, -0.15) is 0 Å². The third-order valence-corrected chi connectivity index (χ3v) is 3.59. The van der Waals surface area contributed by atoms with Crippen LogP contribution in [0.2, 0.25) is 0 Å². The lowest BCUT2D eigenvalue weighted by molar-refractivity contribution is 0.0956. The predicted molar refractivity (Wildman–Crippen MR) is 70.3 cm³/mol. The van der Waals surface area contributed by atoms with Gasteiger partial charge in [0.2, 0.25) is 0 Å². The number of amides is 1. The van der Waals surface area contributed by atoms with Gasteiger partial charge in [0.25, 0.3) is 5.91 Å². The Morgan fingerprint density at radius 2 is 2.00 bits per heavy atom. The zero-order valence-electron chi connectivity index (χ0n) is 11.1. The van der Waals surface area contributed by atoms with Crippen LogP contribution in [0.4, 0.5) is 0 Å². The second kappa shape index (κ2) is 4.17. The quantitative estimate of drug-likeness (QED) is 0.729. The second-order valence-corrected chi connectivity index (χ2v) is 6.05. The number of hydrogen-bond donors (Lipinski definition) is 1. The van der Waals surface area contributed by atoms with E-state index < -0.39 is 0 Å². The molecule has 1 heterocycles. The molecule has 0 bridgehead atoms. The second-order valence-electron chi connectivity index (χ2n) is 6.05. The number of benzene rings is 1. The van der Waals surface area contributed by atoms with E-state index in [2.05, 4.69) is 39.1 Å². The lowest BCUT2D eigenvalue weighted by Gasteiger charge is -2.31. The molecule has 0 saturated heterocycles. The highest BCUT2D eigenvalue weighted by Crippen LogP contribution is 2.40.